The van der Waals surface area contributed by atoms with Crippen LogP contribution in [0.25, 0.3) is 21.5 Å². The van der Waals surface area contributed by atoms with Crippen molar-refractivity contribution in [2.75, 3.05) is 0 Å². The van der Waals surface area contributed by atoms with Gasteiger partial charge in [0.25, 0.3) is 0 Å². The predicted molar refractivity (Wildman–Crippen MR) is 107 cm³/mol. The van der Waals surface area contributed by atoms with Gasteiger partial charge >= 0.3 is 0 Å². The molecule has 0 N–H and O–H groups in total. The topological polar surface area (TPSA) is 0 Å². The van der Waals surface area contributed by atoms with Gasteiger partial charge in [0.1, 0.15) is 0 Å². The molecule has 0 aliphatic heterocycles. The quantitative estimate of drug-likeness (QED) is 0.313. The second-order valence-corrected chi connectivity index (χ2v) is 7.29. The highest BCUT2D eigenvalue weighted by Gasteiger charge is 2.09. The smallest absolute Gasteiger partial charge is 0.0550 e. The van der Waals surface area contributed by atoms with E-state index in [-0.39, 0.29) is 0 Å². The van der Waals surface area contributed by atoms with Crippen molar-refractivity contribution in [2.24, 2.45) is 0 Å². The monoisotopic (exact) mass is 366 g/mol. The highest BCUT2D eigenvalue weighted by molar-refractivity contribution is 7.73. The fraction of sp³-hybridized carbons (Fsp3) is 0.0526. The maximum atomic E-state index is 5.77. The number of hydrogen-bond donors (Lipinski definition) is 0. The van der Waals surface area contributed by atoms with E-state index in [2.05, 4.69) is 19.1 Å². The minimum absolute atomic E-state index is 0.753. The molecule has 23 heavy (non-hydrogen) atoms. The Morgan fingerprint density at radius 1 is 0.565 bits per heavy atom. The highest BCUT2D eigenvalue weighted by Crippen LogP contribution is 2.27. The molecule has 0 amide bonds. The van der Waals surface area contributed by atoms with E-state index in [0.717, 1.165) is 55.6 Å². The second kappa shape index (κ2) is 5.28. The summed E-state index contributed by atoms with van der Waals surface area (Å²) in [6.45, 7) is 2.05. The Labute approximate surface area is 153 Å². The van der Waals surface area contributed by atoms with E-state index in [0.29, 0.717) is 0 Å². The van der Waals surface area contributed by atoms with Crippen molar-refractivity contribution in [1.29, 1.82) is 0 Å². The van der Waals surface area contributed by atoms with Gasteiger partial charge in [-0.15, -0.1) is 0 Å². The Hall–Kier alpha value is -1.46. The lowest BCUT2D eigenvalue weighted by Gasteiger charge is -2.06. The summed E-state index contributed by atoms with van der Waals surface area (Å²) in [7, 11) is 0. The summed E-state index contributed by atoms with van der Waals surface area (Å²) in [5.41, 5.74) is 1.16. The summed E-state index contributed by atoms with van der Waals surface area (Å²) in [5, 5.41) is 5.66. The zero-order valence-electron chi connectivity index (χ0n) is 12.2. The lowest BCUT2D eigenvalue weighted by atomic mass is 10.0. The summed E-state index contributed by atoms with van der Waals surface area (Å²) in [4.78, 5) is 0. The zero-order valence-corrected chi connectivity index (χ0v) is 15.4. The van der Waals surface area contributed by atoms with Gasteiger partial charge in [-0.25, -0.2) is 0 Å². The van der Waals surface area contributed by atoms with E-state index in [9.17, 15) is 0 Å². The molecule has 2 aromatic rings. The number of hydrogen-bond acceptors (Lipinski definition) is 4. The minimum atomic E-state index is 0.753. The minimum Gasteiger partial charge on any atom is -0.0787 e. The van der Waals surface area contributed by atoms with Crippen molar-refractivity contribution in [3.63, 3.8) is 0 Å². The van der Waals surface area contributed by atoms with Crippen LogP contribution in [-0.2, 0) is 0 Å². The van der Waals surface area contributed by atoms with Gasteiger partial charge in [-0.3, -0.25) is 0 Å². The van der Waals surface area contributed by atoms with Crippen LogP contribution in [0, 0.1) is 35.4 Å². The van der Waals surface area contributed by atoms with Gasteiger partial charge < -0.3 is 0 Å². The molecule has 0 unspecified atom stereocenters. The maximum absolute atomic E-state index is 5.77. The van der Waals surface area contributed by atoms with Gasteiger partial charge in [-0.05, 0) is 13.0 Å². The number of rotatable bonds is 0. The van der Waals surface area contributed by atoms with Gasteiger partial charge in [-0.2, -0.15) is 0 Å². The first-order chi connectivity index (χ1) is 11.0. The van der Waals surface area contributed by atoms with E-state index in [1.165, 1.54) is 0 Å². The van der Waals surface area contributed by atoms with E-state index in [4.69, 9.17) is 48.9 Å². The second-order valence-electron chi connectivity index (χ2n) is 5.66. The Morgan fingerprint density at radius 3 is 1.52 bits per heavy atom. The first-order valence-corrected chi connectivity index (χ1v) is 8.76. The molecule has 0 fully saturated rings. The molecule has 2 aliphatic rings. The molecular formula is C19H10S4. The van der Waals surface area contributed by atoms with Gasteiger partial charge in [0, 0.05) is 32.0 Å². The number of aryl methyl sites for hydroxylation is 1. The molecule has 2 aromatic carbocycles. The summed E-state index contributed by atoms with van der Waals surface area (Å²) in [6.07, 6.45) is 0. The van der Waals surface area contributed by atoms with Crippen LogP contribution in [0.3, 0.4) is 0 Å². The average Bonchev–Trinajstić information content (AvgIpc) is 2.56. The Bertz CT molecular complexity index is 1390. The molecule has 0 atom stereocenters. The summed E-state index contributed by atoms with van der Waals surface area (Å²) >= 11 is 23.0. The molecular weight excluding hydrogens is 356 g/mol. The highest BCUT2D eigenvalue weighted by atomic mass is 32.1. The van der Waals surface area contributed by atoms with Crippen LogP contribution in [0.5, 0.6) is 0 Å². The average molecular weight is 367 g/mol. The number of benzene rings is 2. The third kappa shape index (κ3) is 2.06. The fourth-order valence-electron chi connectivity index (χ4n) is 3.12. The Morgan fingerprint density at radius 2 is 1.00 bits per heavy atom. The van der Waals surface area contributed by atoms with Crippen LogP contribution in [0.4, 0.5) is 0 Å². The lowest BCUT2D eigenvalue weighted by molar-refractivity contribution is 1.45. The van der Waals surface area contributed by atoms with Crippen molar-refractivity contribution in [2.45, 2.75) is 6.92 Å². The fourth-order valence-corrected chi connectivity index (χ4v) is 4.77. The molecule has 0 heterocycles. The molecule has 0 aromatic heterocycles. The zero-order chi connectivity index (χ0) is 16.3. The van der Waals surface area contributed by atoms with E-state index in [1.807, 2.05) is 30.3 Å². The number of fused-ring (bicyclic) bond motifs is 2. The SMILES string of the molecule is Cc1ccc2c(=S)c3c(=S)c4ccccc4c(=S)c=3c(=S)c2c1. The molecule has 4 rings (SSSR count). The van der Waals surface area contributed by atoms with Gasteiger partial charge in [-0.1, -0.05) is 90.8 Å². The third-order valence-electron chi connectivity index (χ3n) is 4.24. The van der Waals surface area contributed by atoms with Crippen LogP contribution in [-0.4, -0.2) is 0 Å². The van der Waals surface area contributed by atoms with Crippen LogP contribution in [0.2, 0.25) is 0 Å². The van der Waals surface area contributed by atoms with Crippen LogP contribution in [0.15, 0.2) is 42.5 Å². The molecule has 4 heteroatoms. The van der Waals surface area contributed by atoms with Gasteiger partial charge in [0.15, 0.2) is 0 Å². The largest absolute Gasteiger partial charge is 0.0787 e. The first-order valence-electron chi connectivity index (χ1n) is 7.13. The Kier molecular flexibility index (Phi) is 3.46. The lowest BCUT2D eigenvalue weighted by Crippen LogP contribution is -1.90. The molecule has 0 saturated heterocycles. The maximum Gasteiger partial charge on any atom is 0.0550 e. The van der Waals surface area contributed by atoms with Crippen LogP contribution in [0.1, 0.15) is 5.56 Å². The molecule has 110 valence electrons. The summed E-state index contributed by atoms with van der Waals surface area (Å²) < 4.78 is 3.02. The van der Waals surface area contributed by atoms with Crippen molar-refractivity contribution in [3.05, 3.63) is 76.5 Å². The molecule has 0 radical (unpaired) electrons. The van der Waals surface area contributed by atoms with E-state index >= 15 is 0 Å². The van der Waals surface area contributed by atoms with E-state index in [1.54, 1.807) is 0 Å². The molecule has 0 nitrogen and oxygen atoms in total. The molecule has 2 aliphatic carbocycles. The van der Waals surface area contributed by atoms with Crippen molar-refractivity contribution < 1.29 is 0 Å². The standard InChI is InChI=1S/C19H10S4/c1-9-6-7-12-13(8-9)19(23)15-14(18(12)22)16(20)10-4-2-3-5-11(10)17(15)21/h2-8H,1H3. The molecule has 0 bridgehead atoms. The summed E-state index contributed by atoms with van der Waals surface area (Å²) in [5.74, 6) is 0. The van der Waals surface area contributed by atoms with Crippen molar-refractivity contribution in [3.8, 4) is 0 Å². The first kappa shape index (κ1) is 15.1. The molecule has 0 spiro atoms. The van der Waals surface area contributed by atoms with Crippen LogP contribution < -0.4 is 0 Å². The third-order valence-corrected chi connectivity index (χ3v) is 5.94. The van der Waals surface area contributed by atoms with Crippen molar-refractivity contribution in [1.82, 2.24) is 0 Å². The Balaban J connectivity index is 2.59. The van der Waals surface area contributed by atoms with Gasteiger partial charge in [0.2, 0.25) is 0 Å². The van der Waals surface area contributed by atoms with E-state index < -0.39 is 0 Å². The van der Waals surface area contributed by atoms with Crippen LogP contribution >= 0.6 is 48.9 Å². The predicted octanol–water partition coefficient (Wildman–Crippen LogP) is 6.82. The normalized spacial score (nSPS) is 11.5. The summed E-state index contributed by atoms with van der Waals surface area (Å²) in [6, 6.07) is 14.1. The van der Waals surface area contributed by atoms with Gasteiger partial charge in [0.05, 0.1) is 18.0 Å². The molecule has 0 saturated carbocycles. The van der Waals surface area contributed by atoms with Crippen molar-refractivity contribution >= 4 is 70.4 Å².